The normalized spacial score (nSPS) is 24.8. The molecule has 0 amide bonds. The number of likely N-dealkylation sites (tertiary alicyclic amines) is 1. The van der Waals surface area contributed by atoms with E-state index in [2.05, 4.69) is 24.5 Å². The van der Waals surface area contributed by atoms with Gasteiger partial charge in [-0.2, -0.15) is 5.26 Å². The summed E-state index contributed by atoms with van der Waals surface area (Å²) in [6, 6.07) is 2.73. The number of piperidine rings is 1. The average Bonchev–Trinajstić information content (AvgIpc) is 2.09. The van der Waals surface area contributed by atoms with E-state index in [0.717, 1.165) is 13.1 Å². The van der Waals surface area contributed by atoms with Gasteiger partial charge in [0.25, 0.3) is 0 Å². The summed E-state index contributed by atoms with van der Waals surface area (Å²) in [4.78, 5) is 2.34. The fourth-order valence-electron chi connectivity index (χ4n) is 1.67. The summed E-state index contributed by atoms with van der Waals surface area (Å²) in [6.07, 6.45) is 3.86. The zero-order chi connectivity index (χ0) is 8.97. The summed E-state index contributed by atoms with van der Waals surface area (Å²) in [7, 11) is 0. The first kappa shape index (κ1) is 9.28. The molecule has 0 aromatic heterocycles. The van der Waals surface area contributed by atoms with Gasteiger partial charge in [0, 0.05) is 18.2 Å². The fraction of sp³-hybridized carbons (Fsp3) is 0.700. The van der Waals surface area contributed by atoms with Crippen molar-refractivity contribution in [3.05, 3.63) is 12.2 Å². The van der Waals surface area contributed by atoms with Gasteiger partial charge in [0.1, 0.15) is 0 Å². The van der Waals surface area contributed by atoms with Gasteiger partial charge in [-0.05, 0) is 26.3 Å². The lowest BCUT2D eigenvalue weighted by atomic mass is 10.0. The van der Waals surface area contributed by atoms with E-state index >= 15 is 0 Å². The molecule has 1 fully saturated rings. The molecule has 1 rings (SSSR count). The first-order valence-electron chi connectivity index (χ1n) is 4.56. The average molecular weight is 164 g/mol. The van der Waals surface area contributed by atoms with E-state index in [9.17, 15) is 0 Å². The maximum atomic E-state index is 8.58. The van der Waals surface area contributed by atoms with E-state index in [1.807, 2.05) is 0 Å². The Bertz CT molecular complexity index is 202. The van der Waals surface area contributed by atoms with Crippen molar-refractivity contribution in [1.29, 1.82) is 5.26 Å². The summed E-state index contributed by atoms with van der Waals surface area (Å²) in [5.74, 6) is 0. The van der Waals surface area contributed by atoms with E-state index < -0.39 is 0 Å². The van der Waals surface area contributed by atoms with Gasteiger partial charge in [-0.1, -0.05) is 13.0 Å². The molecule has 0 aromatic rings. The molecule has 0 saturated carbocycles. The van der Waals surface area contributed by atoms with Crippen LogP contribution in [-0.4, -0.2) is 24.0 Å². The number of rotatable bonds is 2. The van der Waals surface area contributed by atoms with Crippen LogP contribution >= 0.6 is 0 Å². The molecule has 1 saturated heterocycles. The lowest BCUT2D eigenvalue weighted by Crippen LogP contribution is -2.38. The van der Waals surface area contributed by atoms with Crippen LogP contribution in [0.25, 0.3) is 0 Å². The van der Waals surface area contributed by atoms with E-state index in [-0.39, 0.29) is 0 Å². The summed E-state index contributed by atoms with van der Waals surface area (Å²) in [5, 5.41) is 8.58. The highest BCUT2D eigenvalue weighted by molar-refractivity contribution is 5.17. The molecule has 2 heteroatoms. The standard InChI is InChI=1S/C10H16N2/c1-9(7-11)8-12-6-4-3-5-10(12)2/h10H,1,3-6,8H2,2H3. The molecule has 2 nitrogen and oxygen atoms in total. The van der Waals surface area contributed by atoms with Crippen molar-refractivity contribution in [3.8, 4) is 6.07 Å². The van der Waals surface area contributed by atoms with Crippen LogP contribution in [0.4, 0.5) is 0 Å². The van der Waals surface area contributed by atoms with Gasteiger partial charge < -0.3 is 0 Å². The Balaban J connectivity index is 2.40. The van der Waals surface area contributed by atoms with Crippen LogP contribution in [0, 0.1) is 11.3 Å². The maximum absolute atomic E-state index is 8.58. The molecule has 1 atom stereocenters. The fourth-order valence-corrected chi connectivity index (χ4v) is 1.67. The second kappa shape index (κ2) is 4.27. The number of nitrogens with zero attached hydrogens (tertiary/aromatic N) is 2. The van der Waals surface area contributed by atoms with Crippen molar-refractivity contribution in [3.63, 3.8) is 0 Å². The molecule has 0 N–H and O–H groups in total. The van der Waals surface area contributed by atoms with Gasteiger partial charge in [-0.25, -0.2) is 0 Å². The SMILES string of the molecule is C=C(C#N)CN1CCCCC1C. The maximum Gasteiger partial charge on any atom is 0.0954 e. The topological polar surface area (TPSA) is 27.0 Å². The molecule has 66 valence electrons. The van der Waals surface area contributed by atoms with Crippen molar-refractivity contribution in [2.24, 2.45) is 0 Å². The summed E-state index contributed by atoms with van der Waals surface area (Å²) >= 11 is 0. The van der Waals surface area contributed by atoms with Crippen LogP contribution in [0.5, 0.6) is 0 Å². The molecule has 0 aromatic carbocycles. The highest BCUT2D eigenvalue weighted by atomic mass is 15.2. The highest BCUT2D eigenvalue weighted by Crippen LogP contribution is 2.16. The molecule has 1 aliphatic rings. The molecule has 0 spiro atoms. The van der Waals surface area contributed by atoms with Gasteiger partial charge >= 0.3 is 0 Å². The Morgan fingerprint density at radius 3 is 3.00 bits per heavy atom. The van der Waals surface area contributed by atoms with E-state index in [1.54, 1.807) is 0 Å². The molecule has 0 radical (unpaired) electrons. The highest BCUT2D eigenvalue weighted by Gasteiger charge is 2.17. The molecule has 0 aliphatic carbocycles. The Kier molecular flexibility index (Phi) is 3.31. The van der Waals surface area contributed by atoms with Crippen LogP contribution in [0.3, 0.4) is 0 Å². The molecule has 0 bridgehead atoms. The lowest BCUT2D eigenvalue weighted by molar-refractivity contribution is 0.176. The largest absolute Gasteiger partial charge is 0.296 e. The van der Waals surface area contributed by atoms with Gasteiger partial charge in [0.15, 0.2) is 0 Å². The third-order valence-electron chi connectivity index (χ3n) is 2.49. The van der Waals surface area contributed by atoms with Gasteiger partial charge in [-0.3, -0.25) is 4.90 Å². The summed E-state index contributed by atoms with van der Waals surface area (Å²) < 4.78 is 0. The van der Waals surface area contributed by atoms with Crippen LogP contribution in [0.1, 0.15) is 26.2 Å². The third kappa shape index (κ3) is 2.35. The summed E-state index contributed by atoms with van der Waals surface area (Å²) in [6.45, 7) is 7.81. The van der Waals surface area contributed by atoms with Crippen molar-refractivity contribution in [2.75, 3.05) is 13.1 Å². The van der Waals surface area contributed by atoms with Gasteiger partial charge in [0.05, 0.1) is 6.07 Å². The van der Waals surface area contributed by atoms with Gasteiger partial charge in [-0.15, -0.1) is 0 Å². The van der Waals surface area contributed by atoms with Crippen molar-refractivity contribution in [2.45, 2.75) is 32.2 Å². The minimum absolute atomic E-state index is 0.629. The molecule has 12 heavy (non-hydrogen) atoms. The lowest BCUT2D eigenvalue weighted by Gasteiger charge is -2.32. The molecule has 1 aliphatic heterocycles. The molecular weight excluding hydrogens is 148 g/mol. The van der Waals surface area contributed by atoms with Crippen LogP contribution in [-0.2, 0) is 0 Å². The van der Waals surface area contributed by atoms with E-state index in [1.165, 1.54) is 19.3 Å². The second-order valence-corrected chi connectivity index (χ2v) is 3.53. The molecular formula is C10H16N2. The Hall–Kier alpha value is -0.810. The van der Waals surface area contributed by atoms with Crippen molar-refractivity contribution < 1.29 is 0 Å². The number of hydrogen-bond donors (Lipinski definition) is 0. The minimum Gasteiger partial charge on any atom is -0.296 e. The zero-order valence-corrected chi connectivity index (χ0v) is 7.71. The Labute approximate surface area is 74.5 Å². The first-order valence-corrected chi connectivity index (χ1v) is 4.56. The number of nitriles is 1. The smallest absolute Gasteiger partial charge is 0.0954 e. The summed E-state index contributed by atoms with van der Waals surface area (Å²) in [5.41, 5.74) is 0.684. The van der Waals surface area contributed by atoms with E-state index in [0.29, 0.717) is 11.6 Å². The zero-order valence-electron chi connectivity index (χ0n) is 7.71. The third-order valence-corrected chi connectivity index (χ3v) is 2.49. The predicted octanol–water partition coefficient (Wildman–Crippen LogP) is 1.94. The van der Waals surface area contributed by atoms with Crippen LogP contribution < -0.4 is 0 Å². The molecule has 1 heterocycles. The van der Waals surface area contributed by atoms with Crippen LogP contribution in [0.15, 0.2) is 12.2 Å². The van der Waals surface area contributed by atoms with Crippen molar-refractivity contribution in [1.82, 2.24) is 4.90 Å². The first-order chi connectivity index (χ1) is 5.74. The van der Waals surface area contributed by atoms with Crippen molar-refractivity contribution >= 4 is 0 Å². The van der Waals surface area contributed by atoms with Crippen LogP contribution in [0.2, 0.25) is 0 Å². The minimum atomic E-state index is 0.629. The Morgan fingerprint density at radius 2 is 2.42 bits per heavy atom. The quantitative estimate of drug-likeness (QED) is 0.583. The number of hydrogen-bond acceptors (Lipinski definition) is 2. The Morgan fingerprint density at radius 1 is 1.67 bits per heavy atom. The monoisotopic (exact) mass is 164 g/mol. The van der Waals surface area contributed by atoms with Gasteiger partial charge in [0.2, 0.25) is 0 Å². The molecule has 1 unspecified atom stereocenters. The second-order valence-electron chi connectivity index (χ2n) is 3.53. The predicted molar refractivity (Wildman–Crippen MR) is 49.6 cm³/mol. The van der Waals surface area contributed by atoms with E-state index in [4.69, 9.17) is 5.26 Å².